The Hall–Kier alpha value is -0.980. The molecular formula is C21H33O5. The summed E-state index contributed by atoms with van der Waals surface area (Å²) in [7, 11) is 0. The molecule has 1 saturated heterocycles. The maximum Gasteiger partial charge on any atom is 0.158 e. The molecule has 1 heterocycles. The number of aryl methyl sites for hydroxylation is 1. The van der Waals surface area contributed by atoms with Crippen LogP contribution < -0.4 is 0 Å². The van der Waals surface area contributed by atoms with Crippen molar-refractivity contribution in [1.82, 2.24) is 0 Å². The van der Waals surface area contributed by atoms with Crippen molar-refractivity contribution < 1.29 is 25.2 Å². The van der Waals surface area contributed by atoms with Crippen molar-refractivity contribution in [2.45, 2.75) is 82.7 Å². The van der Waals surface area contributed by atoms with Gasteiger partial charge in [0.1, 0.15) is 24.4 Å². The summed E-state index contributed by atoms with van der Waals surface area (Å²) < 4.78 is 5.64. The van der Waals surface area contributed by atoms with E-state index in [1.165, 1.54) is 32.1 Å². The van der Waals surface area contributed by atoms with Crippen molar-refractivity contribution in [3.05, 3.63) is 41.5 Å². The average Bonchev–Trinajstić information content (AvgIpc) is 2.66. The molecule has 1 aromatic rings. The molecule has 1 radical (unpaired) electrons. The van der Waals surface area contributed by atoms with Crippen LogP contribution in [0.1, 0.15) is 63.0 Å². The molecule has 0 amide bonds. The molecule has 0 aliphatic carbocycles. The van der Waals surface area contributed by atoms with E-state index in [0.717, 1.165) is 30.4 Å². The number of hydrogen-bond acceptors (Lipinski definition) is 5. The van der Waals surface area contributed by atoms with Gasteiger partial charge in [0.25, 0.3) is 0 Å². The van der Waals surface area contributed by atoms with Crippen LogP contribution in [0.3, 0.4) is 0 Å². The standard InChI is InChI=1S/C21H33O5/c1-2-3-4-5-6-7-8-11-15-12-9-10-13-16(15)21-20(25)19(24)18(23)17(14-22)26-21/h9-10,12-13,17-20,22-25H,2-8,11,14H2,1H3/t17-,18+,19+,20-/m1/s1. The highest BCUT2D eigenvalue weighted by Gasteiger charge is 2.45. The molecule has 4 atom stereocenters. The molecule has 0 unspecified atom stereocenters. The predicted octanol–water partition coefficient (Wildman–Crippen LogP) is 2.33. The van der Waals surface area contributed by atoms with Crippen LogP contribution >= 0.6 is 0 Å². The molecule has 0 spiro atoms. The molecular weight excluding hydrogens is 332 g/mol. The van der Waals surface area contributed by atoms with Gasteiger partial charge >= 0.3 is 0 Å². The first-order valence-corrected chi connectivity index (χ1v) is 9.87. The van der Waals surface area contributed by atoms with Gasteiger partial charge in [-0.2, -0.15) is 0 Å². The number of aliphatic hydroxyl groups is 4. The molecule has 1 aromatic carbocycles. The maximum absolute atomic E-state index is 10.3. The maximum atomic E-state index is 10.3. The van der Waals surface area contributed by atoms with E-state index in [1.807, 2.05) is 24.3 Å². The van der Waals surface area contributed by atoms with Gasteiger partial charge in [0, 0.05) is 0 Å². The second kappa shape index (κ2) is 11.0. The topological polar surface area (TPSA) is 90.2 Å². The summed E-state index contributed by atoms with van der Waals surface area (Å²) in [6.45, 7) is 1.79. The van der Waals surface area contributed by atoms with Crippen LogP contribution in [-0.2, 0) is 11.2 Å². The van der Waals surface area contributed by atoms with E-state index in [9.17, 15) is 20.4 Å². The van der Waals surface area contributed by atoms with Crippen LogP contribution in [0.25, 0.3) is 0 Å². The Morgan fingerprint density at radius 2 is 1.54 bits per heavy atom. The van der Waals surface area contributed by atoms with Gasteiger partial charge < -0.3 is 25.2 Å². The lowest BCUT2D eigenvalue weighted by atomic mass is 9.88. The molecule has 1 aliphatic rings. The summed E-state index contributed by atoms with van der Waals surface area (Å²) in [6, 6.07) is 7.66. The van der Waals surface area contributed by atoms with Gasteiger partial charge in [-0.1, -0.05) is 69.7 Å². The van der Waals surface area contributed by atoms with E-state index >= 15 is 0 Å². The van der Waals surface area contributed by atoms with E-state index in [-0.39, 0.29) is 6.10 Å². The first-order chi connectivity index (χ1) is 12.6. The first-order valence-electron chi connectivity index (χ1n) is 9.87. The number of aliphatic hydroxyl groups excluding tert-OH is 4. The highest BCUT2D eigenvalue weighted by atomic mass is 16.5. The van der Waals surface area contributed by atoms with E-state index in [4.69, 9.17) is 4.74 Å². The van der Waals surface area contributed by atoms with Crippen molar-refractivity contribution in [1.29, 1.82) is 0 Å². The summed E-state index contributed by atoms with van der Waals surface area (Å²) in [5.41, 5.74) is 1.80. The summed E-state index contributed by atoms with van der Waals surface area (Å²) in [6.07, 6.45) is 4.76. The van der Waals surface area contributed by atoms with Gasteiger partial charge in [0.05, 0.1) is 6.61 Å². The highest BCUT2D eigenvalue weighted by Crippen LogP contribution is 2.33. The van der Waals surface area contributed by atoms with E-state index < -0.39 is 31.0 Å². The summed E-state index contributed by atoms with van der Waals surface area (Å²) in [5, 5.41) is 39.7. The summed E-state index contributed by atoms with van der Waals surface area (Å²) in [4.78, 5) is 0. The van der Waals surface area contributed by atoms with Gasteiger partial charge in [-0.15, -0.1) is 0 Å². The smallest absolute Gasteiger partial charge is 0.158 e. The van der Waals surface area contributed by atoms with Crippen LogP contribution in [0.2, 0.25) is 0 Å². The van der Waals surface area contributed by atoms with Gasteiger partial charge in [-0.05, 0) is 24.0 Å². The van der Waals surface area contributed by atoms with Crippen molar-refractivity contribution in [2.75, 3.05) is 6.61 Å². The molecule has 26 heavy (non-hydrogen) atoms. The third-order valence-corrected chi connectivity index (χ3v) is 5.11. The zero-order valence-corrected chi connectivity index (χ0v) is 15.7. The fourth-order valence-corrected chi connectivity index (χ4v) is 3.48. The Morgan fingerprint density at radius 1 is 0.885 bits per heavy atom. The molecule has 4 N–H and O–H groups in total. The van der Waals surface area contributed by atoms with Gasteiger partial charge in [0.15, 0.2) is 6.10 Å². The van der Waals surface area contributed by atoms with E-state index in [2.05, 4.69) is 6.92 Å². The van der Waals surface area contributed by atoms with Crippen LogP contribution in [0.15, 0.2) is 24.3 Å². The molecule has 147 valence electrons. The van der Waals surface area contributed by atoms with Crippen molar-refractivity contribution in [3.8, 4) is 0 Å². The molecule has 5 nitrogen and oxygen atoms in total. The van der Waals surface area contributed by atoms with Crippen molar-refractivity contribution in [3.63, 3.8) is 0 Å². The second-order valence-corrected chi connectivity index (χ2v) is 7.16. The monoisotopic (exact) mass is 365 g/mol. The minimum Gasteiger partial charge on any atom is -0.394 e. The first kappa shape index (κ1) is 21.3. The third kappa shape index (κ3) is 5.51. The van der Waals surface area contributed by atoms with Gasteiger partial charge in [-0.25, -0.2) is 0 Å². The molecule has 0 bridgehead atoms. The van der Waals surface area contributed by atoms with Crippen LogP contribution in [-0.4, -0.2) is 51.4 Å². The van der Waals surface area contributed by atoms with Crippen molar-refractivity contribution >= 4 is 0 Å². The number of unbranched alkanes of at least 4 members (excludes halogenated alkanes) is 6. The Labute approximate surface area is 156 Å². The molecule has 1 fully saturated rings. The number of hydrogen-bond donors (Lipinski definition) is 4. The minimum absolute atomic E-state index is 0.236. The van der Waals surface area contributed by atoms with Crippen LogP contribution in [0.5, 0.6) is 0 Å². The molecule has 0 saturated carbocycles. The third-order valence-electron chi connectivity index (χ3n) is 5.11. The Kier molecular flexibility index (Phi) is 9.02. The lowest BCUT2D eigenvalue weighted by Crippen LogP contribution is -2.55. The number of benzene rings is 1. The van der Waals surface area contributed by atoms with Gasteiger partial charge in [-0.3, -0.25) is 0 Å². The number of rotatable bonds is 10. The Morgan fingerprint density at radius 3 is 2.23 bits per heavy atom. The quantitative estimate of drug-likeness (QED) is 0.478. The largest absolute Gasteiger partial charge is 0.394 e. The minimum atomic E-state index is -1.37. The fourth-order valence-electron chi connectivity index (χ4n) is 3.48. The average molecular weight is 365 g/mol. The lowest BCUT2D eigenvalue weighted by molar-refractivity contribution is -0.184. The Bertz CT molecular complexity index is 519. The normalized spacial score (nSPS) is 27.0. The summed E-state index contributed by atoms with van der Waals surface area (Å²) >= 11 is 0. The highest BCUT2D eigenvalue weighted by molar-refractivity contribution is 5.39. The van der Waals surface area contributed by atoms with Crippen LogP contribution in [0.4, 0.5) is 0 Å². The summed E-state index contributed by atoms with van der Waals surface area (Å²) in [5.74, 6) is 0. The zero-order chi connectivity index (χ0) is 18.9. The zero-order valence-electron chi connectivity index (χ0n) is 15.7. The molecule has 1 aliphatic heterocycles. The SMILES string of the molecule is CCCCCCCCCc1ccccc1[C]1O[C@H](CO)[C@H](O)[C@H](O)[C@H]1O. The molecule has 5 heteroatoms. The van der Waals surface area contributed by atoms with Gasteiger partial charge in [0.2, 0.25) is 0 Å². The van der Waals surface area contributed by atoms with Crippen molar-refractivity contribution in [2.24, 2.45) is 0 Å². The lowest BCUT2D eigenvalue weighted by Gasteiger charge is -2.40. The van der Waals surface area contributed by atoms with E-state index in [0.29, 0.717) is 0 Å². The number of ether oxygens (including phenoxy) is 1. The molecule has 2 rings (SSSR count). The fraction of sp³-hybridized carbons (Fsp3) is 0.667. The Balaban J connectivity index is 1.97. The predicted molar refractivity (Wildman–Crippen MR) is 100 cm³/mol. The van der Waals surface area contributed by atoms with E-state index in [1.54, 1.807) is 0 Å². The molecule has 0 aromatic heterocycles. The van der Waals surface area contributed by atoms with Crippen LogP contribution in [0, 0.1) is 6.10 Å². The second-order valence-electron chi connectivity index (χ2n) is 7.16.